The minimum Gasteiger partial charge on any atom is -0.467 e. The lowest BCUT2D eigenvalue weighted by Gasteiger charge is -2.15. The molecular weight excluding hydrogens is 304 g/mol. The Labute approximate surface area is 157 Å². The van der Waals surface area contributed by atoms with Crippen LogP contribution in [0.3, 0.4) is 0 Å². The van der Waals surface area contributed by atoms with Crippen LogP contribution in [-0.2, 0) is 4.74 Å². The molecule has 0 saturated carbocycles. The fourth-order valence-electron chi connectivity index (χ4n) is 4.09. The summed E-state index contributed by atoms with van der Waals surface area (Å²) >= 11 is 0. The fraction of sp³-hybridized carbons (Fsp3) is 0.833. The van der Waals surface area contributed by atoms with E-state index in [0.29, 0.717) is 0 Å². The molecule has 0 aromatic carbocycles. The van der Waals surface area contributed by atoms with Crippen LogP contribution in [0.25, 0.3) is 0 Å². The van der Waals surface area contributed by atoms with E-state index in [9.17, 15) is 0 Å². The zero-order chi connectivity index (χ0) is 17.4. The van der Waals surface area contributed by atoms with E-state index in [4.69, 9.17) is 4.74 Å². The monoisotopic (exact) mass is 346 g/mol. The Kier molecular flexibility index (Phi) is 11.9. The first-order valence-corrected chi connectivity index (χ1v) is 11.5. The maximum Gasteiger partial charge on any atom is 0.0996 e. The zero-order valence-electron chi connectivity index (χ0n) is 16.7. The standard InChI is InChI=1S/C24H42O/c1-3-7-11-15-19-23(20-16-12-8-4-1)25-24-21-17-13-9-5-2-6-10-14-18-22-24/h19,21H,1-18,20,22H2/b23-19+,24-21+. The predicted octanol–water partition coefficient (Wildman–Crippen LogP) is 8.60. The Morgan fingerprint density at radius 2 is 0.720 bits per heavy atom. The molecule has 0 fully saturated rings. The van der Waals surface area contributed by atoms with E-state index in [1.54, 1.807) is 0 Å². The van der Waals surface area contributed by atoms with E-state index in [-0.39, 0.29) is 0 Å². The molecule has 0 aromatic heterocycles. The summed E-state index contributed by atoms with van der Waals surface area (Å²) in [6.07, 6.45) is 31.8. The van der Waals surface area contributed by atoms with Crippen molar-refractivity contribution in [3.8, 4) is 0 Å². The highest BCUT2D eigenvalue weighted by molar-refractivity contribution is 5.03. The van der Waals surface area contributed by atoms with Crippen molar-refractivity contribution in [2.24, 2.45) is 0 Å². The number of hydrogen-bond donors (Lipinski definition) is 0. The average molecular weight is 347 g/mol. The van der Waals surface area contributed by atoms with Crippen LogP contribution in [0.15, 0.2) is 23.7 Å². The van der Waals surface area contributed by atoms with Crippen LogP contribution in [0, 0.1) is 0 Å². The van der Waals surface area contributed by atoms with Crippen molar-refractivity contribution in [2.75, 3.05) is 0 Å². The van der Waals surface area contributed by atoms with Gasteiger partial charge in [0, 0.05) is 12.8 Å². The summed E-state index contributed by atoms with van der Waals surface area (Å²) in [7, 11) is 0. The number of allylic oxidation sites excluding steroid dienone is 4. The molecule has 2 rings (SSSR count). The van der Waals surface area contributed by atoms with Gasteiger partial charge < -0.3 is 4.74 Å². The second-order valence-corrected chi connectivity index (χ2v) is 8.18. The van der Waals surface area contributed by atoms with Gasteiger partial charge in [0.2, 0.25) is 0 Å². The van der Waals surface area contributed by atoms with Crippen molar-refractivity contribution < 1.29 is 4.74 Å². The van der Waals surface area contributed by atoms with Crippen LogP contribution < -0.4 is 0 Å². The number of rotatable bonds is 2. The summed E-state index contributed by atoms with van der Waals surface area (Å²) < 4.78 is 6.46. The molecule has 2 aliphatic rings. The zero-order valence-corrected chi connectivity index (χ0v) is 16.7. The van der Waals surface area contributed by atoms with E-state index in [0.717, 1.165) is 12.8 Å². The fourth-order valence-corrected chi connectivity index (χ4v) is 4.09. The van der Waals surface area contributed by atoms with Crippen molar-refractivity contribution >= 4 is 0 Å². The molecule has 2 aliphatic carbocycles. The van der Waals surface area contributed by atoms with Gasteiger partial charge in [0.25, 0.3) is 0 Å². The molecule has 0 N–H and O–H groups in total. The molecule has 0 aliphatic heterocycles. The van der Waals surface area contributed by atoms with Crippen molar-refractivity contribution in [3.63, 3.8) is 0 Å². The van der Waals surface area contributed by atoms with E-state index in [1.165, 1.54) is 127 Å². The van der Waals surface area contributed by atoms with Gasteiger partial charge in [0.05, 0.1) is 11.5 Å². The molecule has 0 saturated heterocycles. The average Bonchev–Trinajstić information content (AvgIpc) is 2.59. The maximum atomic E-state index is 6.46. The van der Waals surface area contributed by atoms with Crippen molar-refractivity contribution in [1.29, 1.82) is 0 Å². The summed E-state index contributed by atoms with van der Waals surface area (Å²) in [5.74, 6) is 2.55. The topological polar surface area (TPSA) is 9.23 Å². The number of hydrogen-bond acceptors (Lipinski definition) is 1. The Bertz CT molecular complexity index is 344. The molecule has 144 valence electrons. The van der Waals surface area contributed by atoms with Crippen LogP contribution >= 0.6 is 0 Å². The van der Waals surface area contributed by atoms with Crippen LogP contribution in [0.2, 0.25) is 0 Å². The summed E-state index contributed by atoms with van der Waals surface area (Å²) in [5, 5.41) is 0. The first-order chi connectivity index (χ1) is 12.4. The van der Waals surface area contributed by atoms with Crippen molar-refractivity contribution in [3.05, 3.63) is 23.7 Å². The van der Waals surface area contributed by atoms with Gasteiger partial charge in [-0.3, -0.25) is 0 Å². The minimum absolute atomic E-state index is 1.15. The third-order valence-corrected chi connectivity index (χ3v) is 5.76. The lowest BCUT2D eigenvalue weighted by atomic mass is 10.0. The van der Waals surface area contributed by atoms with E-state index in [1.807, 2.05) is 0 Å². The second-order valence-electron chi connectivity index (χ2n) is 8.18. The van der Waals surface area contributed by atoms with E-state index in [2.05, 4.69) is 12.2 Å². The molecule has 1 nitrogen and oxygen atoms in total. The Morgan fingerprint density at radius 3 is 1.12 bits per heavy atom. The molecule has 0 aromatic rings. The SMILES string of the molecule is C1=C(/O/C2=C/CCCCCCCCCC2)CCCCCCCCCC/1. The van der Waals surface area contributed by atoms with Gasteiger partial charge >= 0.3 is 0 Å². The largest absolute Gasteiger partial charge is 0.467 e. The normalized spacial score (nSPS) is 27.8. The van der Waals surface area contributed by atoms with Gasteiger partial charge in [0.1, 0.15) is 0 Å². The smallest absolute Gasteiger partial charge is 0.0996 e. The first-order valence-electron chi connectivity index (χ1n) is 11.5. The molecule has 0 spiro atoms. The quantitative estimate of drug-likeness (QED) is 0.486. The van der Waals surface area contributed by atoms with E-state index < -0.39 is 0 Å². The lowest BCUT2D eigenvalue weighted by Crippen LogP contribution is -1.97. The van der Waals surface area contributed by atoms with E-state index >= 15 is 0 Å². The van der Waals surface area contributed by atoms with Crippen LogP contribution in [-0.4, -0.2) is 0 Å². The third kappa shape index (κ3) is 10.8. The van der Waals surface area contributed by atoms with Crippen molar-refractivity contribution in [1.82, 2.24) is 0 Å². The van der Waals surface area contributed by atoms with Gasteiger partial charge in [-0.15, -0.1) is 0 Å². The molecule has 0 unspecified atom stereocenters. The molecule has 0 radical (unpaired) electrons. The minimum atomic E-state index is 1.15. The molecule has 0 atom stereocenters. The highest BCUT2D eigenvalue weighted by atomic mass is 16.5. The van der Waals surface area contributed by atoms with Gasteiger partial charge in [-0.1, -0.05) is 77.0 Å². The highest BCUT2D eigenvalue weighted by Crippen LogP contribution is 2.23. The second kappa shape index (κ2) is 14.4. The molecule has 0 amide bonds. The lowest BCUT2D eigenvalue weighted by molar-refractivity contribution is 0.266. The Balaban J connectivity index is 1.87. The molecular formula is C24H42O. The summed E-state index contributed by atoms with van der Waals surface area (Å²) in [5.41, 5.74) is 0. The summed E-state index contributed by atoms with van der Waals surface area (Å²) in [6.45, 7) is 0. The van der Waals surface area contributed by atoms with Gasteiger partial charge in [-0.25, -0.2) is 0 Å². The third-order valence-electron chi connectivity index (χ3n) is 5.76. The maximum absolute atomic E-state index is 6.46. The van der Waals surface area contributed by atoms with Gasteiger partial charge in [-0.05, 0) is 50.7 Å². The summed E-state index contributed by atoms with van der Waals surface area (Å²) in [6, 6.07) is 0. The van der Waals surface area contributed by atoms with Crippen LogP contribution in [0.5, 0.6) is 0 Å². The van der Waals surface area contributed by atoms with Crippen molar-refractivity contribution in [2.45, 2.75) is 128 Å². The molecule has 0 heterocycles. The van der Waals surface area contributed by atoms with Gasteiger partial charge in [0.15, 0.2) is 0 Å². The molecule has 0 bridgehead atoms. The van der Waals surface area contributed by atoms with Gasteiger partial charge in [-0.2, -0.15) is 0 Å². The number of ether oxygens (including phenoxy) is 1. The first kappa shape index (κ1) is 20.6. The van der Waals surface area contributed by atoms with Crippen LogP contribution in [0.4, 0.5) is 0 Å². The Hall–Kier alpha value is -0.720. The Morgan fingerprint density at radius 1 is 0.400 bits per heavy atom. The molecule has 1 heteroatoms. The van der Waals surface area contributed by atoms with Crippen LogP contribution in [0.1, 0.15) is 128 Å². The predicted molar refractivity (Wildman–Crippen MR) is 110 cm³/mol. The highest BCUT2D eigenvalue weighted by Gasteiger charge is 2.07. The summed E-state index contributed by atoms with van der Waals surface area (Å²) in [4.78, 5) is 0. The molecule has 25 heavy (non-hydrogen) atoms.